The van der Waals surface area contributed by atoms with Gasteiger partial charge in [-0.15, -0.1) is 0 Å². The molecule has 2 aromatic rings. The molecule has 1 aliphatic carbocycles. The number of nitrogens with two attached hydrogens (primary N) is 1. The Hall–Kier alpha value is -1.99. The van der Waals surface area contributed by atoms with Gasteiger partial charge in [0.1, 0.15) is 11.6 Å². The number of anilines is 1. The van der Waals surface area contributed by atoms with Crippen LogP contribution in [0.5, 0.6) is 5.75 Å². The number of rotatable bonds is 8. The second-order valence-electron chi connectivity index (χ2n) is 7.74. The number of halogens is 4. The van der Waals surface area contributed by atoms with Crippen LogP contribution >= 0.6 is 11.6 Å². The van der Waals surface area contributed by atoms with Crippen molar-refractivity contribution in [3.05, 3.63) is 52.2 Å². The van der Waals surface area contributed by atoms with Crippen LogP contribution < -0.4 is 10.5 Å². The summed E-state index contributed by atoms with van der Waals surface area (Å²) in [6.07, 6.45) is 0.283. The fourth-order valence-electron chi connectivity index (χ4n) is 3.89. The van der Waals surface area contributed by atoms with Gasteiger partial charge >= 0.3 is 6.18 Å². The zero-order valence-electron chi connectivity index (χ0n) is 16.8. The molecule has 0 unspecified atom stereocenters. The molecule has 1 heterocycles. The zero-order valence-corrected chi connectivity index (χ0v) is 17.6. The monoisotopic (exact) mass is 442 g/mol. The van der Waals surface area contributed by atoms with Gasteiger partial charge in [-0.2, -0.15) is 13.2 Å². The van der Waals surface area contributed by atoms with Crippen molar-refractivity contribution in [2.75, 3.05) is 18.9 Å². The van der Waals surface area contributed by atoms with Gasteiger partial charge in [-0.3, -0.25) is 0 Å². The van der Waals surface area contributed by atoms with Gasteiger partial charge in [0.2, 0.25) is 0 Å². The molecular weight excluding hydrogens is 417 g/mol. The third-order valence-electron chi connectivity index (χ3n) is 5.19. The molecule has 164 valence electrons. The lowest BCUT2D eigenvalue weighted by Gasteiger charge is -2.20. The number of benzene rings is 1. The third-order valence-corrected chi connectivity index (χ3v) is 5.41. The molecule has 3 rings (SSSR count). The number of hydrogen-bond donors (Lipinski definition) is 1. The zero-order chi connectivity index (χ0) is 21.7. The van der Waals surface area contributed by atoms with E-state index in [1.165, 1.54) is 6.07 Å². The van der Waals surface area contributed by atoms with Crippen LogP contribution in [0, 0.1) is 12.8 Å². The van der Waals surface area contributed by atoms with Crippen molar-refractivity contribution in [2.24, 2.45) is 5.92 Å². The van der Waals surface area contributed by atoms with E-state index in [4.69, 9.17) is 26.8 Å². The van der Waals surface area contributed by atoms with Gasteiger partial charge in [0.25, 0.3) is 0 Å². The summed E-state index contributed by atoms with van der Waals surface area (Å²) in [5.41, 5.74) is 7.11. The minimum Gasteiger partial charge on any atom is -0.493 e. The Bertz CT molecular complexity index is 841. The summed E-state index contributed by atoms with van der Waals surface area (Å²) in [6.45, 7) is 2.74. The molecule has 0 radical (unpaired) electrons. The van der Waals surface area contributed by atoms with E-state index in [1.807, 2.05) is 13.0 Å². The highest BCUT2D eigenvalue weighted by Crippen LogP contribution is 2.34. The highest BCUT2D eigenvalue weighted by Gasteiger charge is 2.31. The predicted molar refractivity (Wildman–Crippen MR) is 111 cm³/mol. The highest BCUT2D eigenvalue weighted by molar-refractivity contribution is 6.30. The molecule has 1 aromatic carbocycles. The van der Waals surface area contributed by atoms with Gasteiger partial charge in [0, 0.05) is 17.1 Å². The summed E-state index contributed by atoms with van der Waals surface area (Å²) in [5, 5.41) is -0.00438. The summed E-state index contributed by atoms with van der Waals surface area (Å²) in [7, 11) is 0. The SMILES string of the molecule is Cc1cc(N)nc(C[C@@H]2CCC[C@@H]2OCCCOc2cc(Cl)cc(C(F)(F)F)c2)c1. The Balaban J connectivity index is 1.44. The van der Waals surface area contributed by atoms with Crippen LogP contribution in [0.15, 0.2) is 30.3 Å². The Morgan fingerprint density at radius 2 is 1.93 bits per heavy atom. The van der Waals surface area contributed by atoms with Crippen molar-refractivity contribution in [3.8, 4) is 5.75 Å². The van der Waals surface area contributed by atoms with Crippen LogP contribution in [0.3, 0.4) is 0 Å². The van der Waals surface area contributed by atoms with Gasteiger partial charge in [0.15, 0.2) is 0 Å². The average molecular weight is 443 g/mol. The van der Waals surface area contributed by atoms with Crippen molar-refractivity contribution in [2.45, 2.75) is 51.3 Å². The first kappa shape index (κ1) is 22.7. The first-order valence-electron chi connectivity index (χ1n) is 10.1. The lowest BCUT2D eigenvalue weighted by molar-refractivity contribution is -0.137. The Morgan fingerprint density at radius 3 is 2.67 bits per heavy atom. The third kappa shape index (κ3) is 6.51. The molecule has 0 bridgehead atoms. The number of ether oxygens (including phenoxy) is 2. The van der Waals surface area contributed by atoms with E-state index >= 15 is 0 Å². The topological polar surface area (TPSA) is 57.4 Å². The standard InChI is InChI=1S/C22H26ClF3N2O2/c1-14-8-18(28-21(27)9-14)10-15-4-2-5-20(15)30-7-3-6-29-19-12-16(22(24,25)26)11-17(23)13-19/h8-9,11-13,15,20H,2-7,10H2,1H3,(H2,27,28)/t15-,20-/m0/s1. The van der Waals surface area contributed by atoms with Crippen LogP contribution in [-0.4, -0.2) is 24.3 Å². The number of nitrogen functional groups attached to an aromatic ring is 1. The normalized spacial score (nSPS) is 19.2. The van der Waals surface area contributed by atoms with Crippen LogP contribution in [-0.2, 0) is 17.3 Å². The number of hydrogen-bond acceptors (Lipinski definition) is 4. The average Bonchev–Trinajstić information content (AvgIpc) is 3.06. The smallest absolute Gasteiger partial charge is 0.416 e. The van der Waals surface area contributed by atoms with Gasteiger partial charge < -0.3 is 15.2 Å². The minimum absolute atomic E-state index is 0.00438. The molecule has 0 spiro atoms. The number of alkyl halides is 3. The highest BCUT2D eigenvalue weighted by atomic mass is 35.5. The summed E-state index contributed by atoms with van der Waals surface area (Å²) < 4.78 is 50.1. The van der Waals surface area contributed by atoms with Crippen molar-refractivity contribution in [3.63, 3.8) is 0 Å². The van der Waals surface area contributed by atoms with E-state index < -0.39 is 11.7 Å². The lowest BCUT2D eigenvalue weighted by atomic mass is 9.98. The summed E-state index contributed by atoms with van der Waals surface area (Å²) >= 11 is 5.77. The number of aryl methyl sites for hydroxylation is 1. The molecule has 1 aliphatic rings. The van der Waals surface area contributed by atoms with E-state index in [9.17, 15) is 13.2 Å². The summed E-state index contributed by atoms with van der Waals surface area (Å²) in [6, 6.07) is 7.13. The fraction of sp³-hybridized carbons (Fsp3) is 0.500. The second kappa shape index (κ2) is 9.88. The number of nitrogens with zero attached hydrogens (tertiary/aromatic N) is 1. The van der Waals surface area contributed by atoms with E-state index in [1.54, 1.807) is 0 Å². The van der Waals surface area contributed by atoms with Gasteiger partial charge in [-0.1, -0.05) is 18.0 Å². The van der Waals surface area contributed by atoms with Gasteiger partial charge in [-0.05, 0) is 68.0 Å². The van der Waals surface area contributed by atoms with Crippen LogP contribution in [0.4, 0.5) is 19.0 Å². The van der Waals surface area contributed by atoms with Gasteiger partial charge in [-0.25, -0.2) is 4.98 Å². The van der Waals surface area contributed by atoms with Crippen LogP contribution in [0.1, 0.15) is 42.5 Å². The first-order chi connectivity index (χ1) is 14.2. The maximum atomic E-state index is 12.9. The van der Waals surface area contributed by atoms with E-state index in [0.29, 0.717) is 24.8 Å². The van der Waals surface area contributed by atoms with Crippen molar-refractivity contribution in [1.29, 1.82) is 0 Å². The maximum Gasteiger partial charge on any atom is 0.416 e. The molecule has 8 heteroatoms. The largest absolute Gasteiger partial charge is 0.493 e. The van der Waals surface area contributed by atoms with E-state index in [-0.39, 0.29) is 23.5 Å². The molecule has 30 heavy (non-hydrogen) atoms. The van der Waals surface area contributed by atoms with Crippen molar-refractivity contribution >= 4 is 17.4 Å². The quantitative estimate of drug-likeness (QED) is 0.521. The summed E-state index contributed by atoms with van der Waals surface area (Å²) in [5.74, 6) is 1.03. The number of pyridine rings is 1. The van der Waals surface area contributed by atoms with Crippen molar-refractivity contribution in [1.82, 2.24) is 4.98 Å². The molecule has 1 fully saturated rings. The second-order valence-corrected chi connectivity index (χ2v) is 8.18. The van der Waals surface area contributed by atoms with Crippen LogP contribution in [0.25, 0.3) is 0 Å². The lowest BCUT2D eigenvalue weighted by Crippen LogP contribution is -2.22. The Kier molecular flexibility index (Phi) is 7.47. The van der Waals surface area contributed by atoms with E-state index in [2.05, 4.69) is 11.1 Å². The Morgan fingerprint density at radius 1 is 1.13 bits per heavy atom. The number of aromatic nitrogens is 1. The molecule has 1 aromatic heterocycles. The molecule has 2 N–H and O–H groups in total. The minimum atomic E-state index is -4.46. The van der Waals surface area contributed by atoms with E-state index in [0.717, 1.165) is 49.1 Å². The molecule has 0 amide bonds. The predicted octanol–water partition coefficient (Wildman–Crippen LogP) is 5.84. The fourth-order valence-corrected chi connectivity index (χ4v) is 4.12. The molecule has 0 saturated heterocycles. The molecular formula is C22H26ClF3N2O2. The summed E-state index contributed by atoms with van der Waals surface area (Å²) in [4.78, 5) is 4.42. The Labute approximate surface area is 179 Å². The van der Waals surface area contributed by atoms with Gasteiger partial charge in [0.05, 0.1) is 24.9 Å². The molecule has 4 nitrogen and oxygen atoms in total. The first-order valence-corrected chi connectivity index (χ1v) is 10.4. The molecule has 2 atom stereocenters. The molecule has 0 aliphatic heterocycles. The van der Waals surface area contributed by atoms with Crippen LogP contribution in [0.2, 0.25) is 5.02 Å². The van der Waals surface area contributed by atoms with Crippen molar-refractivity contribution < 1.29 is 22.6 Å². The maximum absolute atomic E-state index is 12.9. The molecule has 1 saturated carbocycles.